The van der Waals surface area contributed by atoms with Crippen LogP contribution in [0.25, 0.3) is 0 Å². The van der Waals surface area contributed by atoms with Crippen molar-refractivity contribution in [3.05, 3.63) is 47.6 Å². The van der Waals surface area contributed by atoms with E-state index in [4.69, 9.17) is 0 Å². The monoisotopic (exact) mass is 472 g/mol. The van der Waals surface area contributed by atoms with Gasteiger partial charge in [0.25, 0.3) is 0 Å². The molecule has 34 heavy (non-hydrogen) atoms. The summed E-state index contributed by atoms with van der Waals surface area (Å²) in [5.74, 6) is 0.0459. The van der Waals surface area contributed by atoms with Crippen LogP contribution < -0.4 is 0 Å². The summed E-state index contributed by atoms with van der Waals surface area (Å²) in [4.78, 5) is 11.3. The number of aliphatic hydroxyl groups is 3. The van der Waals surface area contributed by atoms with Crippen molar-refractivity contribution < 1.29 is 25.2 Å². The van der Waals surface area contributed by atoms with Crippen molar-refractivity contribution in [3.8, 4) is 0 Å². The van der Waals surface area contributed by atoms with Crippen LogP contribution in [-0.4, -0.2) is 44.2 Å². The Labute approximate surface area is 205 Å². The Balaban J connectivity index is 1.78. The Morgan fingerprint density at radius 3 is 2.59 bits per heavy atom. The summed E-state index contributed by atoms with van der Waals surface area (Å²) in [5, 5.41) is 40.4. The summed E-state index contributed by atoms with van der Waals surface area (Å²) in [6.45, 7) is 12.4. The van der Waals surface area contributed by atoms with Crippen LogP contribution >= 0.6 is 0 Å². The number of hydrogen-bond donors (Lipinski definition) is 4. The molecule has 5 heteroatoms. The second-order valence-electron chi connectivity index (χ2n) is 11.6. The highest BCUT2D eigenvalue weighted by Crippen LogP contribution is 2.59. The fourth-order valence-electron chi connectivity index (χ4n) is 6.76. The van der Waals surface area contributed by atoms with E-state index < -0.39 is 23.8 Å². The van der Waals surface area contributed by atoms with E-state index in [2.05, 4.69) is 38.7 Å². The van der Waals surface area contributed by atoms with Crippen molar-refractivity contribution in [2.45, 2.75) is 96.9 Å². The predicted octanol–water partition coefficient (Wildman–Crippen LogP) is 5.18. The maximum atomic E-state index is 11.3. The second kappa shape index (κ2) is 10.5. The molecule has 0 aromatic heterocycles. The van der Waals surface area contributed by atoms with E-state index in [1.165, 1.54) is 12.0 Å². The molecule has 0 heterocycles. The molecule has 5 nitrogen and oxygen atoms in total. The molecule has 0 aromatic rings. The average Bonchev–Trinajstić information content (AvgIpc) is 3.10. The molecule has 3 aliphatic rings. The van der Waals surface area contributed by atoms with Crippen LogP contribution in [0.15, 0.2) is 47.6 Å². The van der Waals surface area contributed by atoms with Gasteiger partial charge in [-0.1, -0.05) is 64.2 Å². The number of hydrogen-bond acceptors (Lipinski definition) is 4. The maximum absolute atomic E-state index is 11.3. The van der Waals surface area contributed by atoms with Crippen LogP contribution in [0.1, 0.15) is 79.1 Å². The zero-order chi connectivity index (χ0) is 25.3. The third-order valence-electron chi connectivity index (χ3n) is 9.06. The first-order valence-electron chi connectivity index (χ1n) is 13.0. The highest BCUT2D eigenvalue weighted by Gasteiger charge is 2.50. The molecule has 0 unspecified atom stereocenters. The average molecular weight is 473 g/mol. The normalized spacial score (nSPS) is 37.4. The SMILES string of the molecule is C=C1/C(=C\C=C2/CCC[C@]3(C)[C@@H]([C@H](C)/C=C/[C@@](O)(CC(=O)O)C(C)C)CC[C@@H]23)C[C@@H](O)C[C@@H]1O. The Morgan fingerprint density at radius 1 is 1.24 bits per heavy atom. The summed E-state index contributed by atoms with van der Waals surface area (Å²) in [6.07, 6.45) is 13.1. The smallest absolute Gasteiger partial charge is 0.306 e. The third-order valence-corrected chi connectivity index (χ3v) is 9.06. The first-order valence-corrected chi connectivity index (χ1v) is 13.0. The number of carbonyl (C=O) groups is 1. The van der Waals surface area contributed by atoms with Gasteiger partial charge in [-0.25, -0.2) is 0 Å². The van der Waals surface area contributed by atoms with Gasteiger partial charge < -0.3 is 20.4 Å². The molecule has 0 bridgehead atoms. The summed E-state index contributed by atoms with van der Waals surface area (Å²) in [6, 6.07) is 0. The van der Waals surface area contributed by atoms with Crippen molar-refractivity contribution in [2.24, 2.45) is 29.1 Å². The fraction of sp³-hybridized carbons (Fsp3) is 0.690. The molecule has 0 amide bonds. The van der Waals surface area contributed by atoms with Gasteiger partial charge in [0.15, 0.2) is 0 Å². The first kappa shape index (κ1) is 26.9. The van der Waals surface area contributed by atoms with Crippen molar-refractivity contribution in [1.82, 2.24) is 0 Å². The van der Waals surface area contributed by atoms with Crippen LogP contribution in [0.4, 0.5) is 0 Å². The number of allylic oxidation sites excluding steroid dienone is 4. The van der Waals surface area contributed by atoms with Gasteiger partial charge in [-0.3, -0.25) is 4.79 Å². The lowest BCUT2D eigenvalue weighted by Crippen LogP contribution is -2.37. The second-order valence-corrected chi connectivity index (χ2v) is 11.6. The van der Waals surface area contributed by atoms with Gasteiger partial charge in [0.2, 0.25) is 0 Å². The number of fused-ring (bicyclic) bond motifs is 1. The van der Waals surface area contributed by atoms with Crippen LogP contribution in [0.3, 0.4) is 0 Å². The van der Waals surface area contributed by atoms with Crippen molar-refractivity contribution in [1.29, 1.82) is 0 Å². The van der Waals surface area contributed by atoms with Gasteiger partial charge in [0.1, 0.15) is 0 Å². The quantitative estimate of drug-likeness (QED) is 0.383. The fourth-order valence-corrected chi connectivity index (χ4v) is 6.76. The molecule has 3 rings (SSSR count). The Morgan fingerprint density at radius 2 is 1.94 bits per heavy atom. The molecule has 3 fully saturated rings. The largest absolute Gasteiger partial charge is 0.481 e. The van der Waals surface area contributed by atoms with Crippen LogP contribution in [0.5, 0.6) is 0 Å². The Bertz CT molecular complexity index is 868. The van der Waals surface area contributed by atoms with Crippen molar-refractivity contribution in [3.63, 3.8) is 0 Å². The Kier molecular flexibility index (Phi) is 8.32. The molecule has 4 N–H and O–H groups in total. The summed E-state index contributed by atoms with van der Waals surface area (Å²) < 4.78 is 0. The van der Waals surface area contributed by atoms with Crippen LogP contribution in [-0.2, 0) is 4.79 Å². The molecule has 3 aliphatic carbocycles. The van der Waals surface area contributed by atoms with Gasteiger partial charge in [0, 0.05) is 6.42 Å². The van der Waals surface area contributed by atoms with Gasteiger partial charge in [-0.05, 0) is 78.8 Å². The lowest BCUT2D eigenvalue weighted by Gasteiger charge is -2.44. The van der Waals surface area contributed by atoms with Gasteiger partial charge >= 0.3 is 5.97 Å². The van der Waals surface area contributed by atoms with E-state index in [9.17, 15) is 25.2 Å². The first-order chi connectivity index (χ1) is 15.9. The minimum absolute atomic E-state index is 0.164. The van der Waals surface area contributed by atoms with Crippen molar-refractivity contribution >= 4 is 5.97 Å². The molecule has 0 aliphatic heterocycles. The predicted molar refractivity (Wildman–Crippen MR) is 135 cm³/mol. The third kappa shape index (κ3) is 5.58. The van der Waals surface area contributed by atoms with E-state index >= 15 is 0 Å². The lowest BCUT2D eigenvalue weighted by molar-refractivity contribution is -0.142. The molecule has 3 saturated carbocycles. The molecule has 7 atom stereocenters. The number of aliphatic carboxylic acids is 1. The molecule has 190 valence electrons. The van der Waals surface area contributed by atoms with Gasteiger partial charge in [0.05, 0.1) is 24.2 Å². The summed E-state index contributed by atoms with van der Waals surface area (Å²) in [5.41, 5.74) is 1.95. The van der Waals surface area contributed by atoms with E-state index in [-0.39, 0.29) is 23.7 Å². The minimum atomic E-state index is -1.33. The molecule has 0 radical (unpaired) electrons. The standard InChI is InChI=1S/C29H44O5/c1-18(2)29(34,17-27(32)33)14-12-19(3)24-10-11-25-21(7-6-13-28(24,25)5)8-9-22-15-23(30)16-26(31)20(22)4/h8-9,12,14,18-19,23-26,30-31,34H,4,6-7,10-11,13,15-17H2,1-3,5H3,(H,32,33)/b14-12+,21-8+,22-9-/t19-,23-,24-,25+,26+,28-,29-/m1/s1. The topological polar surface area (TPSA) is 98.0 Å². The molecule has 0 spiro atoms. The number of rotatable bonds is 7. The van der Waals surface area contributed by atoms with Gasteiger partial charge in [-0.2, -0.15) is 0 Å². The highest BCUT2D eigenvalue weighted by molar-refractivity contribution is 5.68. The molecule has 0 aromatic carbocycles. The molecule has 0 saturated heterocycles. The van der Waals surface area contributed by atoms with E-state index in [0.717, 1.165) is 36.8 Å². The summed E-state index contributed by atoms with van der Waals surface area (Å²) in [7, 11) is 0. The van der Waals surface area contributed by atoms with Gasteiger partial charge in [-0.15, -0.1) is 0 Å². The van der Waals surface area contributed by atoms with E-state index in [1.54, 1.807) is 6.08 Å². The lowest BCUT2D eigenvalue weighted by atomic mass is 9.61. The Hall–Kier alpha value is -1.69. The van der Waals surface area contributed by atoms with E-state index in [1.807, 2.05) is 13.8 Å². The number of carboxylic acids is 1. The molecular formula is C29H44O5. The maximum Gasteiger partial charge on any atom is 0.306 e. The number of carboxylic acid groups (broad SMARTS) is 1. The van der Waals surface area contributed by atoms with Crippen molar-refractivity contribution in [2.75, 3.05) is 0 Å². The van der Waals surface area contributed by atoms with E-state index in [0.29, 0.717) is 24.7 Å². The van der Waals surface area contributed by atoms with Crippen LogP contribution in [0.2, 0.25) is 0 Å². The zero-order valence-electron chi connectivity index (χ0n) is 21.3. The van der Waals surface area contributed by atoms with Crippen LogP contribution in [0, 0.1) is 29.1 Å². The summed E-state index contributed by atoms with van der Waals surface area (Å²) >= 11 is 0. The molecular weight excluding hydrogens is 428 g/mol. The zero-order valence-corrected chi connectivity index (χ0v) is 21.3. The minimum Gasteiger partial charge on any atom is -0.481 e. The number of aliphatic hydroxyl groups excluding tert-OH is 2. The highest BCUT2D eigenvalue weighted by atomic mass is 16.4.